The zero-order valence-electron chi connectivity index (χ0n) is 25.9. The minimum atomic E-state index is -0.676. The third kappa shape index (κ3) is 7.51. The number of carbonyl (C=O) groups excluding carboxylic acids is 1. The first-order valence-electron chi connectivity index (χ1n) is 15.5. The monoisotopic (exact) mass is 646 g/mol. The zero-order valence-corrected chi connectivity index (χ0v) is 26.7. The molecule has 2 aliphatic heterocycles. The maximum Gasteiger partial charge on any atom is 0.290 e. The molecular formula is C35H38N2O8S. The Kier molecular flexibility index (Phi) is 10.5. The van der Waals surface area contributed by atoms with Crippen LogP contribution in [-0.4, -0.2) is 68.7 Å². The second kappa shape index (κ2) is 15.1. The van der Waals surface area contributed by atoms with Gasteiger partial charge in [-0.25, -0.2) is 4.98 Å². The molecule has 0 unspecified atom stereocenters. The fourth-order valence-corrected chi connectivity index (χ4v) is 6.66. The highest BCUT2D eigenvalue weighted by Crippen LogP contribution is 2.42. The van der Waals surface area contributed by atoms with Crippen LogP contribution in [-0.2, 0) is 23.7 Å². The van der Waals surface area contributed by atoms with Crippen molar-refractivity contribution in [2.24, 2.45) is 5.92 Å². The molecule has 10 nitrogen and oxygen atoms in total. The predicted octanol–water partition coefficient (Wildman–Crippen LogP) is 6.03. The van der Waals surface area contributed by atoms with E-state index in [4.69, 9.17) is 38.5 Å². The molecule has 0 radical (unpaired) electrons. The number of rotatable bonds is 14. The van der Waals surface area contributed by atoms with Crippen molar-refractivity contribution in [3.8, 4) is 22.1 Å². The number of aryl methyl sites for hydroxylation is 1. The molecule has 242 valence electrons. The van der Waals surface area contributed by atoms with Crippen molar-refractivity contribution in [2.75, 3.05) is 51.8 Å². The summed E-state index contributed by atoms with van der Waals surface area (Å²) in [4.78, 5) is 18.4. The van der Waals surface area contributed by atoms with Crippen LogP contribution in [0.1, 0.15) is 30.4 Å². The lowest BCUT2D eigenvalue weighted by Crippen LogP contribution is -2.38. The topological polar surface area (TPSA) is 118 Å². The van der Waals surface area contributed by atoms with Gasteiger partial charge in [0.25, 0.3) is 5.91 Å². The number of nitrogens with zero attached hydrogens (tertiary/aromatic N) is 1. The van der Waals surface area contributed by atoms with E-state index in [0.29, 0.717) is 50.0 Å². The third-order valence-corrected chi connectivity index (χ3v) is 8.93. The van der Waals surface area contributed by atoms with Crippen LogP contribution in [0.2, 0.25) is 0 Å². The van der Waals surface area contributed by atoms with Gasteiger partial charge in [-0.15, -0.1) is 11.3 Å². The van der Waals surface area contributed by atoms with Gasteiger partial charge in [-0.1, -0.05) is 12.1 Å². The summed E-state index contributed by atoms with van der Waals surface area (Å²) >= 11 is 1.65. The van der Waals surface area contributed by atoms with Crippen LogP contribution in [0.3, 0.4) is 0 Å². The van der Waals surface area contributed by atoms with Crippen molar-refractivity contribution < 1.29 is 38.3 Å². The Bertz CT molecular complexity index is 1670. The number of hydrogen-bond acceptors (Lipinski definition) is 10. The van der Waals surface area contributed by atoms with Gasteiger partial charge in [0.1, 0.15) is 5.01 Å². The smallest absolute Gasteiger partial charge is 0.290 e. The van der Waals surface area contributed by atoms with Crippen LogP contribution in [0.5, 0.6) is 11.5 Å². The number of amides is 1. The number of allylic oxidation sites excluding steroid dienone is 1. The van der Waals surface area contributed by atoms with Crippen LogP contribution in [0.25, 0.3) is 20.8 Å². The van der Waals surface area contributed by atoms with E-state index in [1.807, 2.05) is 61.5 Å². The van der Waals surface area contributed by atoms with Gasteiger partial charge >= 0.3 is 0 Å². The van der Waals surface area contributed by atoms with Gasteiger partial charge in [0.2, 0.25) is 13.1 Å². The van der Waals surface area contributed by atoms with Gasteiger partial charge in [-0.2, -0.15) is 0 Å². The minimum absolute atomic E-state index is 0.0237. The van der Waals surface area contributed by atoms with E-state index in [9.17, 15) is 4.79 Å². The summed E-state index contributed by atoms with van der Waals surface area (Å²) in [6.07, 6.45) is 1.79. The third-order valence-electron chi connectivity index (χ3n) is 7.86. The van der Waals surface area contributed by atoms with Crippen molar-refractivity contribution in [2.45, 2.75) is 32.5 Å². The van der Waals surface area contributed by atoms with Crippen LogP contribution >= 0.6 is 11.3 Å². The molecule has 0 bridgehead atoms. The van der Waals surface area contributed by atoms with Crippen molar-refractivity contribution in [1.82, 2.24) is 4.98 Å². The van der Waals surface area contributed by atoms with Gasteiger partial charge in [-0.05, 0) is 86.0 Å². The van der Waals surface area contributed by atoms with Gasteiger partial charge in [-0.3, -0.25) is 4.79 Å². The van der Waals surface area contributed by atoms with E-state index < -0.39 is 6.29 Å². The fraction of sp³-hybridized carbons (Fsp3) is 0.371. The Balaban J connectivity index is 1.19. The lowest BCUT2D eigenvalue weighted by molar-refractivity contribution is -0.166. The molecule has 0 aliphatic carbocycles. The molecule has 4 aromatic rings. The number of ether oxygens (including phenoxy) is 6. The zero-order chi connectivity index (χ0) is 31.9. The molecule has 3 heterocycles. The van der Waals surface area contributed by atoms with Gasteiger partial charge < -0.3 is 38.8 Å². The van der Waals surface area contributed by atoms with Gasteiger partial charge in [0.05, 0.1) is 36.6 Å². The number of benzene rings is 3. The summed E-state index contributed by atoms with van der Waals surface area (Å²) in [6.45, 7) is 6.05. The summed E-state index contributed by atoms with van der Waals surface area (Å²) in [7, 11) is 0. The van der Waals surface area contributed by atoms with Gasteiger partial charge in [0.15, 0.2) is 17.3 Å². The van der Waals surface area contributed by atoms with Crippen LogP contribution in [0, 0.1) is 12.8 Å². The Morgan fingerprint density at radius 3 is 2.61 bits per heavy atom. The van der Waals surface area contributed by atoms with Crippen LogP contribution < -0.4 is 14.8 Å². The normalized spacial score (nSPS) is 18.8. The lowest BCUT2D eigenvalue weighted by atomic mass is 9.81. The second-order valence-corrected chi connectivity index (χ2v) is 12.1. The number of anilines is 1. The molecule has 0 saturated heterocycles. The molecule has 1 aromatic heterocycles. The predicted molar refractivity (Wildman–Crippen MR) is 175 cm³/mol. The summed E-state index contributed by atoms with van der Waals surface area (Å²) in [5.74, 6) is 0.796. The standard InChI is InChI=1S/C35H38N2O8S/c1-3-42-35-26(12-14-40-16-17-41-15-13-38)27(24-7-11-29-30(19-24)44-21-43-29)20-31(45-35)33(39)36-25-8-5-23(6-9-25)34-37-28-10-4-22(2)18-32(28)46-34/h4-11,18-20,26-27,35,38H,3,12-17,21H2,1-2H3,(H,36,39)/t26-,27+,35+/m1/s1. The van der Waals surface area contributed by atoms with E-state index >= 15 is 0 Å². The second-order valence-electron chi connectivity index (χ2n) is 11.0. The van der Waals surface area contributed by atoms with E-state index in [1.54, 1.807) is 11.3 Å². The SMILES string of the molecule is CCO[C@H]1OC(C(=O)Nc2ccc(-c3nc4ccc(C)cc4s3)cc2)=C[C@@H](c2ccc3c(c2)OCO3)[C@H]1CCOCCOCCO. The molecule has 46 heavy (non-hydrogen) atoms. The average Bonchev–Trinajstić information content (AvgIpc) is 3.71. The number of carbonyl (C=O) groups is 1. The molecule has 0 spiro atoms. The molecule has 2 N–H and O–H groups in total. The van der Waals surface area contributed by atoms with E-state index in [0.717, 1.165) is 26.4 Å². The summed E-state index contributed by atoms with van der Waals surface area (Å²) < 4.78 is 35.7. The van der Waals surface area contributed by atoms with Crippen LogP contribution in [0.4, 0.5) is 5.69 Å². The maximum atomic E-state index is 13.6. The molecule has 3 aromatic carbocycles. The maximum absolute atomic E-state index is 13.6. The van der Waals surface area contributed by atoms with E-state index in [2.05, 4.69) is 24.4 Å². The number of fused-ring (bicyclic) bond motifs is 2. The minimum Gasteiger partial charge on any atom is -0.459 e. The number of hydrogen-bond donors (Lipinski definition) is 2. The lowest BCUT2D eigenvalue weighted by Gasteiger charge is -2.37. The molecule has 0 fully saturated rings. The molecule has 11 heteroatoms. The molecule has 3 atom stereocenters. The Morgan fingerprint density at radius 2 is 1.80 bits per heavy atom. The first kappa shape index (κ1) is 32.0. The molecule has 0 saturated carbocycles. The van der Waals surface area contributed by atoms with Crippen molar-refractivity contribution in [3.63, 3.8) is 0 Å². The molecule has 1 amide bonds. The quantitative estimate of drug-likeness (QED) is 0.158. The fourth-order valence-electron chi connectivity index (χ4n) is 5.59. The van der Waals surface area contributed by atoms with Gasteiger partial charge in [0, 0.05) is 36.3 Å². The molecule has 2 aliphatic rings. The summed E-state index contributed by atoms with van der Waals surface area (Å²) in [6, 6.07) is 19.7. The Morgan fingerprint density at radius 1 is 1.00 bits per heavy atom. The summed E-state index contributed by atoms with van der Waals surface area (Å²) in [5, 5.41) is 12.8. The number of nitrogens with one attached hydrogen (secondary N) is 1. The number of thiazole rings is 1. The number of aliphatic hydroxyl groups is 1. The average molecular weight is 647 g/mol. The van der Waals surface area contributed by atoms with Crippen LogP contribution in [0.15, 0.2) is 72.5 Å². The summed E-state index contributed by atoms with van der Waals surface area (Å²) in [5.41, 5.74) is 4.75. The van der Waals surface area contributed by atoms with E-state index in [-0.39, 0.29) is 43.5 Å². The number of aliphatic hydroxyl groups excluding tert-OH is 1. The van der Waals surface area contributed by atoms with E-state index in [1.165, 1.54) is 5.56 Å². The molecule has 6 rings (SSSR count). The van der Waals surface area contributed by atoms with Crippen molar-refractivity contribution in [1.29, 1.82) is 0 Å². The highest BCUT2D eigenvalue weighted by atomic mass is 32.1. The van der Waals surface area contributed by atoms with Crippen molar-refractivity contribution >= 4 is 33.1 Å². The first-order chi connectivity index (χ1) is 22.5. The Hall–Kier alpha value is -4.00. The highest BCUT2D eigenvalue weighted by molar-refractivity contribution is 7.21. The van der Waals surface area contributed by atoms with Crippen molar-refractivity contribution in [3.05, 3.63) is 83.6 Å². The molecular weight excluding hydrogens is 608 g/mol. The first-order valence-corrected chi connectivity index (χ1v) is 16.3. The number of aromatic nitrogens is 1. The largest absolute Gasteiger partial charge is 0.459 e. The Labute approximate surface area is 271 Å². The highest BCUT2D eigenvalue weighted by Gasteiger charge is 2.38.